The second-order valence-electron chi connectivity index (χ2n) is 6.27. The smallest absolute Gasteiger partial charge is 0.132 e. The third-order valence-electron chi connectivity index (χ3n) is 5.19. The normalized spacial score (nSPS) is 33.8. The molecule has 0 amide bonds. The Hall–Kier alpha value is -0.0200. The van der Waals surface area contributed by atoms with Gasteiger partial charge in [0.05, 0.1) is 5.60 Å². The summed E-state index contributed by atoms with van der Waals surface area (Å²) in [6.07, 6.45) is 8.97. The summed E-state index contributed by atoms with van der Waals surface area (Å²) in [5, 5.41) is 0. The second-order valence-corrected chi connectivity index (χ2v) is 7.50. The molecular formula is C15H24O2S. The van der Waals surface area contributed by atoms with Crippen molar-refractivity contribution in [3.63, 3.8) is 0 Å². The minimum absolute atomic E-state index is 0.218. The molecule has 2 heterocycles. The molecule has 0 aromatic rings. The van der Waals surface area contributed by atoms with Crippen LogP contribution in [0.5, 0.6) is 0 Å². The summed E-state index contributed by atoms with van der Waals surface area (Å²) in [5.74, 6) is 4.67. The number of Topliss-reactive ketones (excluding diaryl/α,β-unsaturated/α-hetero) is 1. The highest BCUT2D eigenvalue weighted by Gasteiger charge is 2.41. The molecule has 1 aliphatic carbocycles. The number of hydrogen-bond donors (Lipinski definition) is 0. The van der Waals surface area contributed by atoms with E-state index in [1.165, 1.54) is 37.2 Å². The van der Waals surface area contributed by atoms with Gasteiger partial charge in [0.25, 0.3) is 0 Å². The molecule has 2 saturated heterocycles. The van der Waals surface area contributed by atoms with Crippen LogP contribution in [0, 0.1) is 11.8 Å². The first-order valence-electron chi connectivity index (χ1n) is 7.51. The molecule has 1 unspecified atom stereocenters. The van der Waals surface area contributed by atoms with E-state index < -0.39 is 0 Å². The Morgan fingerprint density at radius 1 is 1.06 bits per heavy atom. The number of hydrogen-bond acceptors (Lipinski definition) is 3. The van der Waals surface area contributed by atoms with Crippen molar-refractivity contribution in [1.29, 1.82) is 0 Å². The second kappa shape index (κ2) is 5.54. The maximum Gasteiger partial charge on any atom is 0.132 e. The van der Waals surface area contributed by atoms with Crippen molar-refractivity contribution in [2.24, 2.45) is 11.8 Å². The maximum atomic E-state index is 11.4. The zero-order chi connectivity index (χ0) is 12.4. The van der Waals surface area contributed by atoms with Gasteiger partial charge in [-0.05, 0) is 61.9 Å². The number of ketones is 1. The van der Waals surface area contributed by atoms with Gasteiger partial charge in [0.1, 0.15) is 5.78 Å². The van der Waals surface area contributed by atoms with Crippen LogP contribution in [0.3, 0.4) is 0 Å². The minimum Gasteiger partial charge on any atom is -0.375 e. The SMILES string of the molecule is O=C1CCC(C2CCOC3(CCSCC3)C2)CC1. The average Bonchev–Trinajstić information content (AvgIpc) is 2.40. The van der Waals surface area contributed by atoms with Gasteiger partial charge < -0.3 is 4.74 Å². The fourth-order valence-electron chi connectivity index (χ4n) is 3.99. The molecule has 18 heavy (non-hydrogen) atoms. The fourth-order valence-corrected chi connectivity index (χ4v) is 5.23. The fraction of sp³-hybridized carbons (Fsp3) is 0.933. The maximum absolute atomic E-state index is 11.4. The molecule has 3 rings (SSSR count). The van der Waals surface area contributed by atoms with Crippen molar-refractivity contribution in [3.8, 4) is 0 Å². The Kier molecular flexibility index (Phi) is 4.00. The molecule has 1 saturated carbocycles. The summed E-state index contributed by atoms with van der Waals surface area (Å²) in [7, 11) is 0. The quantitative estimate of drug-likeness (QED) is 0.729. The topological polar surface area (TPSA) is 26.3 Å². The molecule has 0 radical (unpaired) electrons. The first-order valence-corrected chi connectivity index (χ1v) is 8.66. The predicted octanol–water partition coefficient (Wildman–Crippen LogP) is 3.44. The highest BCUT2D eigenvalue weighted by molar-refractivity contribution is 7.99. The van der Waals surface area contributed by atoms with Crippen LogP contribution in [0.15, 0.2) is 0 Å². The molecule has 1 atom stereocenters. The van der Waals surface area contributed by atoms with E-state index in [4.69, 9.17) is 4.74 Å². The summed E-state index contributed by atoms with van der Waals surface area (Å²) >= 11 is 2.07. The van der Waals surface area contributed by atoms with Gasteiger partial charge in [-0.2, -0.15) is 11.8 Å². The zero-order valence-electron chi connectivity index (χ0n) is 11.2. The average molecular weight is 268 g/mol. The van der Waals surface area contributed by atoms with Gasteiger partial charge in [-0.25, -0.2) is 0 Å². The first kappa shape index (κ1) is 13.0. The Morgan fingerprint density at radius 2 is 1.78 bits per heavy atom. The van der Waals surface area contributed by atoms with E-state index in [1.54, 1.807) is 0 Å². The lowest BCUT2D eigenvalue weighted by Gasteiger charge is -2.46. The van der Waals surface area contributed by atoms with E-state index >= 15 is 0 Å². The highest BCUT2D eigenvalue weighted by atomic mass is 32.2. The lowest BCUT2D eigenvalue weighted by molar-refractivity contribution is -0.125. The Bertz CT molecular complexity index is 294. The summed E-state index contributed by atoms with van der Waals surface area (Å²) in [6.45, 7) is 0.958. The standard InChI is InChI=1S/C15H24O2S/c16-14-3-1-12(2-4-14)13-5-8-17-15(11-13)6-9-18-10-7-15/h12-13H,1-11H2. The van der Waals surface area contributed by atoms with Gasteiger partial charge >= 0.3 is 0 Å². The van der Waals surface area contributed by atoms with Crippen LogP contribution in [-0.4, -0.2) is 29.5 Å². The van der Waals surface area contributed by atoms with E-state index in [9.17, 15) is 4.79 Å². The van der Waals surface area contributed by atoms with E-state index in [1.807, 2.05) is 0 Å². The van der Waals surface area contributed by atoms with E-state index in [-0.39, 0.29) is 5.60 Å². The van der Waals surface area contributed by atoms with Gasteiger partial charge in [-0.3, -0.25) is 4.79 Å². The van der Waals surface area contributed by atoms with Gasteiger partial charge in [0.15, 0.2) is 0 Å². The molecule has 3 heteroatoms. The predicted molar refractivity (Wildman–Crippen MR) is 74.9 cm³/mol. The molecular weight excluding hydrogens is 244 g/mol. The zero-order valence-corrected chi connectivity index (χ0v) is 12.0. The largest absolute Gasteiger partial charge is 0.375 e. The van der Waals surface area contributed by atoms with Gasteiger partial charge in [-0.1, -0.05) is 0 Å². The monoisotopic (exact) mass is 268 g/mol. The van der Waals surface area contributed by atoms with Crippen LogP contribution in [0.1, 0.15) is 51.4 Å². The van der Waals surface area contributed by atoms with Crippen molar-refractivity contribution < 1.29 is 9.53 Å². The van der Waals surface area contributed by atoms with Gasteiger partial charge in [0.2, 0.25) is 0 Å². The molecule has 0 bridgehead atoms. The highest BCUT2D eigenvalue weighted by Crippen LogP contribution is 2.44. The molecule has 3 fully saturated rings. The minimum atomic E-state index is 0.218. The van der Waals surface area contributed by atoms with Crippen molar-refractivity contribution in [2.75, 3.05) is 18.1 Å². The third kappa shape index (κ3) is 2.77. The van der Waals surface area contributed by atoms with Gasteiger partial charge in [0, 0.05) is 19.4 Å². The molecule has 1 spiro atoms. The van der Waals surface area contributed by atoms with Crippen LogP contribution >= 0.6 is 11.8 Å². The van der Waals surface area contributed by atoms with E-state index in [0.29, 0.717) is 5.78 Å². The number of ether oxygens (including phenoxy) is 1. The lowest BCUT2D eigenvalue weighted by Crippen LogP contribution is -2.44. The van der Waals surface area contributed by atoms with Crippen LogP contribution < -0.4 is 0 Å². The van der Waals surface area contributed by atoms with Crippen LogP contribution in [0.25, 0.3) is 0 Å². The Morgan fingerprint density at radius 3 is 2.50 bits per heavy atom. The molecule has 0 aromatic heterocycles. The Balaban J connectivity index is 1.61. The molecule has 2 nitrogen and oxygen atoms in total. The van der Waals surface area contributed by atoms with Crippen LogP contribution in [-0.2, 0) is 9.53 Å². The summed E-state index contributed by atoms with van der Waals surface area (Å²) < 4.78 is 6.17. The number of carbonyl (C=O) groups is 1. The summed E-state index contributed by atoms with van der Waals surface area (Å²) in [5.41, 5.74) is 0.218. The van der Waals surface area contributed by atoms with Gasteiger partial charge in [-0.15, -0.1) is 0 Å². The van der Waals surface area contributed by atoms with Crippen molar-refractivity contribution in [2.45, 2.75) is 57.0 Å². The third-order valence-corrected chi connectivity index (χ3v) is 6.18. The van der Waals surface area contributed by atoms with Crippen molar-refractivity contribution in [1.82, 2.24) is 0 Å². The first-order chi connectivity index (χ1) is 8.77. The molecule has 0 N–H and O–H groups in total. The van der Waals surface area contributed by atoms with Crippen LogP contribution in [0.4, 0.5) is 0 Å². The van der Waals surface area contributed by atoms with Crippen LogP contribution in [0.2, 0.25) is 0 Å². The molecule has 102 valence electrons. The number of thioether (sulfide) groups is 1. The number of rotatable bonds is 1. The summed E-state index contributed by atoms with van der Waals surface area (Å²) in [4.78, 5) is 11.4. The lowest BCUT2D eigenvalue weighted by atomic mass is 9.71. The molecule has 2 aliphatic heterocycles. The number of carbonyl (C=O) groups excluding carboxylic acids is 1. The molecule has 3 aliphatic rings. The summed E-state index contributed by atoms with van der Waals surface area (Å²) in [6, 6.07) is 0. The Labute approximate surface area is 114 Å². The van der Waals surface area contributed by atoms with Crippen molar-refractivity contribution >= 4 is 17.5 Å². The van der Waals surface area contributed by atoms with E-state index in [0.717, 1.165) is 44.1 Å². The molecule has 0 aromatic carbocycles. The van der Waals surface area contributed by atoms with E-state index in [2.05, 4.69) is 11.8 Å². The van der Waals surface area contributed by atoms with Crippen molar-refractivity contribution in [3.05, 3.63) is 0 Å².